The number of hydrogen-bond donors (Lipinski definition) is 2. The zero-order valence-electron chi connectivity index (χ0n) is 15.4. The molecule has 6 heteroatoms. The van der Waals surface area contributed by atoms with E-state index in [2.05, 4.69) is 10.3 Å². The Morgan fingerprint density at radius 2 is 2.07 bits per heavy atom. The van der Waals surface area contributed by atoms with Crippen molar-refractivity contribution in [3.8, 4) is 5.75 Å². The van der Waals surface area contributed by atoms with Gasteiger partial charge in [-0.3, -0.25) is 9.59 Å². The van der Waals surface area contributed by atoms with Gasteiger partial charge in [0.25, 0.3) is 0 Å². The van der Waals surface area contributed by atoms with E-state index in [1.165, 1.54) is 0 Å². The highest BCUT2D eigenvalue weighted by Gasteiger charge is 2.18. The zero-order valence-corrected chi connectivity index (χ0v) is 15.4. The lowest BCUT2D eigenvalue weighted by atomic mass is 9.98. The molecule has 2 aliphatic rings. The number of aryl methyl sites for hydroxylation is 1. The van der Waals surface area contributed by atoms with Crippen molar-refractivity contribution >= 4 is 29.3 Å². The third-order valence-corrected chi connectivity index (χ3v) is 5.06. The molecule has 0 radical (unpaired) electrons. The number of fused-ring (bicyclic) bond motifs is 1. The van der Waals surface area contributed by atoms with Gasteiger partial charge >= 0.3 is 0 Å². The number of nitrogens with zero attached hydrogens (tertiary/aromatic N) is 2. The maximum Gasteiger partial charge on any atom is 0.246 e. The summed E-state index contributed by atoms with van der Waals surface area (Å²) in [6.07, 6.45) is 8.79. The molecule has 0 unspecified atom stereocenters. The Morgan fingerprint density at radius 1 is 1.21 bits per heavy atom. The van der Waals surface area contributed by atoms with E-state index in [4.69, 9.17) is 0 Å². The van der Waals surface area contributed by atoms with E-state index in [1.807, 2.05) is 24.3 Å². The smallest absolute Gasteiger partial charge is 0.246 e. The highest BCUT2D eigenvalue weighted by molar-refractivity contribution is 5.94. The Labute approximate surface area is 163 Å². The highest BCUT2D eigenvalue weighted by Crippen LogP contribution is 2.29. The lowest BCUT2D eigenvalue weighted by Crippen LogP contribution is -2.33. The van der Waals surface area contributed by atoms with Crippen LogP contribution in [-0.4, -0.2) is 39.9 Å². The Kier molecular flexibility index (Phi) is 4.93. The van der Waals surface area contributed by atoms with Crippen LogP contribution in [0.25, 0.3) is 11.6 Å². The quantitative estimate of drug-likeness (QED) is 0.808. The van der Waals surface area contributed by atoms with Crippen LogP contribution in [0.15, 0.2) is 48.7 Å². The van der Waals surface area contributed by atoms with E-state index in [-0.39, 0.29) is 17.6 Å². The summed E-state index contributed by atoms with van der Waals surface area (Å²) >= 11 is 0. The van der Waals surface area contributed by atoms with Gasteiger partial charge < -0.3 is 15.3 Å². The monoisotopic (exact) mass is 375 g/mol. The summed E-state index contributed by atoms with van der Waals surface area (Å²) in [6, 6.07) is 9.22. The second-order valence-corrected chi connectivity index (χ2v) is 6.94. The van der Waals surface area contributed by atoms with E-state index in [9.17, 15) is 14.7 Å². The summed E-state index contributed by atoms with van der Waals surface area (Å²) in [5.41, 5.74) is 3.72. The Morgan fingerprint density at radius 3 is 2.86 bits per heavy atom. The van der Waals surface area contributed by atoms with Crippen molar-refractivity contribution in [1.29, 1.82) is 0 Å². The lowest BCUT2D eigenvalue weighted by Gasteiger charge is -2.26. The van der Waals surface area contributed by atoms with E-state index in [0.29, 0.717) is 38.2 Å². The fraction of sp³-hybridized carbons (Fsp3) is 0.227. The zero-order chi connectivity index (χ0) is 19.5. The van der Waals surface area contributed by atoms with Crippen molar-refractivity contribution in [1.82, 2.24) is 9.88 Å². The SMILES string of the molecule is O=C1CCc2cc(C=CC(=O)N3CC=C(c4ccccc4O)CC3)cnc2N1. The van der Waals surface area contributed by atoms with Crippen LogP contribution < -0.4 is 5.32 Å². The first-order valence-electron chi connectivity index (χ1n) is 9.33. The lowest BCUT2D eigenvalue weighted by molar-refractivity contribution is -0.125. The molecule has 6 nitrogen and oxygen atoms in total. The minimum atomic E-state index is -0.0568. The maximum absolute atomic E-state index is 12.5. The number of phenolic OH excluding ortho intramolecular Hbond substituents is 1. The van der Waals surface area contributed by atoms with Crippen molar-refractivity contribution in [2.24, 2.45) is 0 Å². The number of aromatic hydroxyl groups is 1. The largest absolute Gasteiger partial charge is 0.507 e. The van der Waals surface area contributed by atoms with Gasteiger partial charge in [0.2, 0.25) is 11.8 Å². The average molecular weight is 375 g/mol. The molecule has 0 saturated carbocycles. The predicted molar refractivity (Wildman–Crippen MR) is 108 cm³/mol. The average Bonchev–Trinajstić information content (AvgIpc) is 2.72. The van der Waals surface area contributed by atoms with Crippen LogP contribution >= 0.6 is 0 Å². The normalized spacial score (nSPS) is 16.5. The molecule has 0 spiro atoms. The Bertz CT molecular complexity index is 994. The van der Waals surface area contributed by atoms with Crippen LogP contribution in [0.4, 0.5) is 5.82 Å². The van der Waals surface area contributed by atoms with Crippen molar-refractivity contribution in [3.05, 3.63) is 65.4 Å². The number of aromatic nitrogens is 1. The maximum atomic E-state index is 12.5. The van der Waals surface area contributed by atoms with E-state index < -0.39 is 0 Å². The van der Waals surface area contributed by atoms with Gasteiger partial charge in [0.15, 0.2) is 0 Å². The van der Waals surface area contributed by atoms with Crippen molar-refractivity contribution in [2.45, 2.75) is 19.3 Å². The summed E-state index contributed by atoms with van der Waals surface area (Å²) < 4.78 is 0. The molecule has 2 N–H and O–H groups in total. The summed E-state index contributed by atoms with van der Waals surface area (Å²) in [5, 5.41) is 12.7. The Balaban J connectivity index is 1.41. The van der Waals surface area contributed by atoms with Gasteiger partial charge in [0, 0.05) is 37.3 Å². The molecule has 28 heavy (non-hydrogen) atoms. The molecule has 4 rings (SSSR count). The second-order valence-electron chi connectivity index (χ2n) is 6.94. The molecule has 142 valence electrons. The Hall–Kier alpha value is -3.41. The molecule has 3 heterocycles. The topological polar surface area (TPSA) is 82.5 Å². The third kappa shape index (κ3) is 3.81. The summed E-state index contributed by atoms with van der Waals surface area (Å²) in [4.78, 5) is 29.9. The van der Waals surface area contributed by atoms with E-state index >= 15 is 0 Å². The molecule has 0 aliphatic carbocycles. The number of para-hydroxylation sites is 1. The minimum absolute atomic E-state index is 0.0141. The molecule has 1 aromatic carbocycles. The molecule has 0 bridgehead atoms. The van der Waals surface area contributed by atoms with Crippen LogP contribution in [0.1, 0.15) is 29.5 Å². The molecule has 2 aromatic rings. The van der Waals surface area contributed by atoms with Crippen molar-refractivity contribution in [2.75, 3.05) is 18.4 Å². The number of benzene rings is 1. The number of hydrogen-bond acceptors (Lipinski definition) is 4. The first-order valence-corrected chi connectivity index (χ1v) is 9.33. The molecule has 0 atom stereocenters. The third-order valence-electron chi connectivity index (χ3n) is 5.06. The molecule has 2 aliphatic heterocycles. The van der Waals surface area contributed by atoms with Crippen molar-refractivity contribution in [3.63, 3.8) is 0 Å². The summed E-state index contributed by atoms with van der Waals surface area (Å²) in [6.45, 7) is 1.12. The van der Waals surface area contributed by atoms with Crippen LogP contribution in [0, 0.1) is 0 Å². The molecular formula is C22H21N3O3. The number of pyridine rings is 1. The standard InChI is InChI=1S/C22H21N3O3/c26-19-4-2-1-3-18(19)16-9-11-25(12-10-16)21(28)8-5-15-13-17-6-7-20(27)24-22(17)23-14-15/h1-5,8-9,13-14,26H,6-7,10-12H2,(H,23,24,27). The van der Waals surface area contributed by atoms with Crippen LogP contribution in [-0.2, 0) is 16.0 Å². The fourth-order valence-electron chi connectivity index (χ4n) is 3.50. The van der Waals surface area contributed by atoms with Crippen LogP contribution in [0.3, 0.4) is 0 Å². The van der Waals surface area contributed by atoms with E-state index in [0.717, 1.165) is 22.3 Å². The van der Waals surface area contributed by atoms with Gasteiger partial charge in [-0.15, -0.1) is 0 Å². The van der Waals surface area contributed by atoms with Crippen molar-refractivity contribution < 1.29 is 14.7 Å². The first kappa shape index (κ1) is 18.0. The summed E-state index contributed by atoms with van der Waals surface area (Å²) in [5.74, 6) is 0.806. The van der Waals surface area contributed by atoms with Gasteiger partial charge in [-0.2, -0.15) is 0 Å². The van der Waals surface area contributed by atoms with Crippen LogP contribution in [0.5, 0.6) is 5.75 Å². The van der Waals surface area contributed by atoms with Gasteiger partial charge in [-0.05, 0) is 47.8 Å². The number of rotatable bonds is 3. The molecule has 2 amide bonds. The number of carbonyl (C=O) groups excluding carboxylic acids is 2. The number of carbonyl (C=O) groups is 2. The summed E-state index contributed by atoms with van der Waals surface area (Å²) in [7, 11) is 0. The minimum Gasteiger partial charge on any atom is -0.507 e. The van der Waals surface area contributed by atoms with Gasteiger partial charge in [-0.1, -0.05) is 24.3 Å². The van der Waals surface area contributed by atoms with Crippen LogP contribution in [0.2, 0.25) is 0 Å². The fourth-order valence-corrected chi connectivity index (χ4v) is 3.50. The number of nitrogens with one attached hydrogen (secondary N) is 1. The van der Waals surface area contributed by atoms with E-state index in [1.54, 1.807) is 35.4 Å². The van der Waals surface area contributed by atoms with Gasteiger partial charge in [0.05, 0.1) is 0 Å². The molecule has 1 aromatic heterocycles. The molecule has 0 saturated heterocycles. The molecule has 0 fully saturated rings. The number of amides is 2. The van der Waals surface area contributed by atoms with Gasteiger partial charge in [0.1, 0.15) is 11.6 Å². The number of phenols is 1. The number of anilines is 1. The first-order chi connectivity index (χ1) is 13.6. The second kappa shape index (κ2) is 7.68. The molecular weight excluding hydrogens is 354 g/mol. The predicted octanol–water partition coefficient (Wildman–Crippen LogP) is 3.00. The highest BCUT2D eigenvalue weighted by atomic mass is 16.3. The van der Waals surface area contributed by atoms with Gasteiger partial charge in [-0.25, -0.2) is 4.98 Å².